The van der Waals surface area contributed by atoms with Crippen molar-refractivity contribution in [1.29, 1.82) is 0 Å². The van der Waals surface area contributed by atoms with E-state index in [-0.39, 0.29) is 5.56 Å². The van der Waals surface area contributed by atoms with Gasteiger partial charge in [-0.3, -0.25) is 9.59 Å². The monoisotopic (exact) mass is 251 g/mol. The van der Waals surface area contributed by atoms with Gasteiger partial charge in [0.15, 0.2) is 0 Å². The summed E-state index contributed by atoms with van der Waals surface area (Å²) in [6.45, 7) is 0. The molecule has 17 heavy (non-hydrogen) atoms. The van der Waals surface area contributed by atoms with E-state index in [1.165, 1.54) is 12.3 Å². The van der Waals surface area contributed by atoms with Crippen molar-refractivity contribution in [3.8, 4) is 0 Å². The molecule has 1 aromatic rings. The molecule has 0 aromatic carbocycles. The largest absolute Gasteiger partial charge is 0.481 e. The number of aliphatic carboxylic acids is 1. The van der Waals surface area contributed by atoms with E-state index < -0.39 is 30.5 Å². The molecule has 0 fully saturated rings. The van der Waals surface area contributed by atoms with Crippen LogP contribution >= 0.6 is 0 Å². The van der Waals surface area contributed by atoms with Crippen LogP contribution in [-0.4, -0.2) is 23.2 Å². The third kappa shape index (κ3) is 3.82. The van der Waals surface area contributed by atoms with Crippen molar-refractivity contribution in [2.24, 2.45) is 0 Å². The molecule has 1 atom stereocenters. The van der Waals surface area contributed by atoms with E-state index in [9.17, 15) is 22.8 Å². The number of hydrogen-bond donors (Lipinski definition) is 2. The Hall–Kier alpha value is -1.99. The number of hydrogen-bond acceptors (Lipinski definition) is 3. The molecular weight excluding hydrogens is 243 g/mol. The average molecular weight is 251 g/mol. The van der Waals surface area contributed by atoms with E-state index in [0.717, 1.165) is 6.26 Å². The summed E-state index contributed by atoms with van der Waals surface area (Å²) in [5.74, 6) is -3.52. The van der Waals surface area contributed by atoms with Gasteiger partial charge in [0.2, 0.25) is 0 Å². The lowest BCUT2D eigenvalue weighted by atomic mass is 10.1. The molecule has 2 N–H and O–H groups in total. The third-order valence-corrected chi connectivity index (χ3v) is 1.89. The molecule has 0 radical (unpaired) electrons. The average Bonchev–Trinajstić information content (AvgIpc) is 2.66. The fourth-order valence-corrected chi connectivity index (χ4v) is 1.14. The zero-order valence-electron chi connectivity index (χ0n) is 8.32. The molecule has 1 rings (SSSR count). The smallest absolute Gasteiger partial charge is 0.471 e. The van der Waals surface area contributed by atoms with Crippen molar-refractivity contribution in [3.05, 3.63) is 24.2 Å². The Morgan fingerprint density at radius 3 is 2.53 bits per heavy atom. The van der Waals surface area contributed by atoms with Gasteiger partial charge in [-0.25, -0.2) is 0 Å². The number of amides is 1. The molecule has 0 bridgehead atoms. The maximum absolute atomic E-state index is 12.0. The molecule has 1 heterocycles. The Morgan fingerprint density at radius 1 is 1.47 bits per heavy atom. The van der Waals surface area contributed by atoms with Gasteiger partial charge in [-0.15, -0.1) is 0 Å². The predicted octanol–water partition coefficient (Wildman–Crippen LogP) is 1.47. The second-order valence-electron chi connectivity index (χ2n) is 3.18. The Labute approximate surface area is 93.2 Å². The normalized spacial score (nSPS) is 13.1. The summed E-state index contributed by atoms with van der Waals surface area (Å²) < 4.78 is 40.6. The lowest BCUT2D eigenvalue weighted by Gasteiger charge is -2.16. The molecule has 0 spiro atoms. The first kappa shape index (κ1) is 13.1. The number of carbonyl (C=O) groups excluding carboxylic acids is 1. The van der Waals surface area contributed by atoms with Gasteiger partial charge in [0.1, 0.15) is 0 Å². The van der Waals surface area contributed by atoms with Crippen LogP contribution in [0.15, 0.2) is 23.0 Å². The number of alkyl halides is 3. The van der Waals surface area contributed by atoms with Crippen LogP contribution in [0.3, 0.4) is 0 Å². The second-order valence-corrected chi connectivity index (χ2v) is 3.18. The molecule has 0 aliphatic carbocycles. The lowest BCUT2D eigenvalue weighted by molar-refractivity contribution is -0.174. The fraction of sp³-hybridized carbons (Fsp3) is 0.333. The molecule has 0 aliphatic rings. The maximum atomic E-state index is 12.0. The number of halogens is 3. The van der Waals surface area contributed by atoms with Crippen LogP contribution in [0.5, 0.6) is 0 Å². The summed E-state index contributed by atoms with van der Waals surface area (Å²) in [5, 5.41) is 10.1. The van der Waals surface area contributed by atoms with Gasteiger partial charge in [-0.2, -0.15) is 13.2 Å². The van der Waals surface area contributed by atoms with Gasteiger partial charge in [-0.05, 0) is 6.07 Å². The first-order chi connectivity index (χ1) is 7.80. The summed E-state index contributed by atoms with van der Waals surface area (Å²) in [4.78, 5) is 21.2. The minimum Gasteiger partial charge on any atom is -0.481 e. The predicted molar refractivity (Wildman–Crippen MR) is 47.9 cm³/mol. The molecule has 0 saturated heterocycles. The summed E-state index contributed by atoms with van der Waals surface area (Å²) in [7, 11) is 0. The Bertz CT molecular complexity index is 399. The molecule has 0 aliphatic heterocycles. The number of carboxylic acid groups (broad SMARTS) is 1. The van der Waals surface area contributed by atoms with Crippen LogP contribution in [0.4, 0.5) is 13.2 Å². The summed E-state index contributed by atoms with van der Waals surface area (Å²) in [6, 6.07) is 0.00457. The number of carboxylic acids is 1. The van der Waals surface area contributed by atoms with Gasteiger partial charge in [0.25, 0.3) is 0 Å². The van der Waals surface area contributed by atoms with Gasteiger partial charge in [0, 0.05) is 5.56 Å². The number of carbonyl (C=O) groups is 2. The highest BCUT2D eigenvalue weighted by atomic mass is 19.4. The van der Waals surface area contributed by atoms with E-state index in [4.69, 9.17) is 5.11 Å². The number of rotatable bonds is 4. The number of nitrogens with one attached hydrogen (secondary N) is 1. The first-order valence-electron chi connectivity index (χ1n) is 4.42. The van der Waals surface area contributed by atoms with Crippen LogP contribution in [0.1, 0.15) is 18.0 Å². The standard InChI is InChI=1S/C9H8F3NO4/c10-9(11,12)8(16)13-6(3-7(14)15)5-1-2-17-4-5/h1-2,4,6H,3H2,(H,13,16)(H,14,15). The van der Waals surface area contributed by atoms with Crippen molar-refractivity contribution in [2.75, 3.05) is 0 Å². The van der Waals surface area contributed by atoms with E-state index >= 15 is 0 Å². The van der Waals surface area contributed by atoms with Crippen molar-refractivity contribution in [3.63, 3.8) is 0 Å². The van der Waals surface area contributed by atoms with E-state index in [1.807, 2.05) is 0 Å². The summed E-state index contributed by atoms with van der Waals surface area (Å²) >= 11 is 0. The Kier molecular flexibility index (Phi) is 3.77. The van der Waals surface area contributed by atoms with Crippen LogP contribution in [0.2, 0.25) is 0 Å². The molecule has 1 aromatic heterocycles. The molecule has 1 amide bonds. The maximum Gasteiger partial charge on any atom is 0.471 e. The fourth-order valence-electron chi connectivity index (χ4n) is 1.14. The SMILES string of the molecule is O=C(O)CC(NC(=O)C(F)(F)F)c1ccoc1. The van der Waals surface area contributed by atoms with Gasteiger partial charge < -0.3 is 14.8 Å². The van der Waals surface area contributed by atoms with Crippen LogP contribution in [0.25, 0.3) is 0 Å². The van der Waals surface area contributed by atoms with Gasteiger partial charge >= 0.3 is 18.1 Å². The van der Waals surface area contributed by atoms with Crippen molar-refractivity contribution < 1.29 is 32.3 Å². The van der Waals surface area contributed by atoms with Crippen molar-refractivity contribution >= 4 is 11.9 Å². The molecule has 8 heteroatoms. The minimum absolute atomic E-state index is 0.157. The molecule has 94 valence electrons. The Balaban J connectivity index is 2.79. The lowest BCUT2D eigenvalue weighted by Crippen LogP contribution is -2.39. The molecular formula is C9H8F3NO4. The quantitative estimate of drug-likeness (QED) is 0.849. The summed E-state index contributed by atoms with van der Waals surface area (Å²) in [5.41, 5.74) is 0.157. The van der Waals surface area contributed by atoms with Gasteiger partial charge in [0.05, 0.1) is 25.0 Å². The van der Waals surface area contributed by atoms with Crippen LogP contribution in [-0.2, 0) is 9.59 Å². The van der Waals surface area contributed by atoms with Crippen molar-refractivity contribution in [2.45, 2.75) is 18.6 Å². The topological polar surface area (TPSA) is 79.5 Å². The van der Waals surface area contributed by atoms with Crippen LogP contribution in [0, 0.1) is 0 Å². The minimum atomic E-state index is -5.06. The zero-order chi connectivity index (χ0) is 13.1. The van der Waals surface area contributed by atoms with Crippen molar-refractivity contribution in [1.82, 2.24) is 5.32 Å². The number of furan rings is 1. The molecule has 0 saturated carbocycles. The zero-order valence-corrected chi connectivity index (χ0v) is 8.32. The second kappa shape index (κ2) is 4.89. The summed E-state index contributed by atoms with van der Waals surface area (Å²) in [6.07, 6.45) is -3.48. The first-order valence-corrected chi connectivity index (χ1v) is 4.42. The molecule has 5 nitrogen and oxygen atoms in total. The van der Waals surface area contributed by atoms with Gasteiger partial charge in [-0.1, -0.05) is 0 Å². The van der Waals surface area contributed by atoms with E-state index in [0.29, 0.717) is 0 Å². The van der Waals surface area contributed by atoms with Crippen LogP contribution < -0.4 is 5.32 Å². The van der Waals surface area contributed by atoms with E-state index in [1.54, 1.807) is 5.32 Å². The van der Waals surface area contributed by atoms with E-state index in [2.05, 4.69) is 4.42 Å². The highest BCUT2D eigenvalue weighted by Gasteiger charge is 2.40. The third-order valence-electron chi connectivity index (χ3n) is 1.89. The highest BCUT2D eigenvalue weighted by molar-refractivity contribution is 5.82. The Morgan fingerprint density at radius 2 is 2.12 bits per heavy atom. The highest BCUT2D eigenvalue weighted by Crippen LogP contribution is 2.21. The molecule has 1 unspecified atom stereocenters.